The van der Waals surface area contributed by atoms with Crippen molar-refractivity contribution in [3.8, 4) is 0 Å². The van der Waals surface area contributed by atoms with E-state index in [1.165, 1.54) is 32.1 Å². The van der Waals surface area contributed by atoms with Crippen molar-refractivity contribution in [1.82, 2.24) is 25.1 Å². The lowest BCUT2D eigenvalue weighted by atomic mass is 9.79. The van der Waals surface area contributed by atoms with Gasteiger partial charge in [-0.15, -0.1) is 0 Å². The van der Waals surface area contributed by atoms with Crippen LogP contribution in [-0.4, -0.2) is 43.5 Å². The van der Waals surface area contributed by atoms with Crippen LogP contribution in [0, 0.1) is 11.8 Å². The van der Waals surface area contributed by atoms with E-state index in [0.717, 1.165) is 40.8 Å². The molecule has 178 valence electrons. The topological polar surface area (TPSA) is 84.7 Å². The lowest BCUT2D eigenvalue weighted by molar-refractivity contribution is -0.126. The molecule has 2 heterocycles. The molecule has 32 heavy (non-hydrogen) atoms. The second-order valence-electron chi connectivity index (χ2n) is 9.58. The summed E-state index contributed by atoms with van der Waals surface area (Å²) in [5.74, 6) is 2.01. The van der Waals surface area contributed by atoms with Gasteiger partial charge in [-0.3, -0.25) is 4.79 Å². The maximum Gasteiger partial charge on any atom is 0.223 e. The molecule has 0 aromatic carbocycles. The van der Waals surface area contributed by atoms with Crippen molar-refractivity contribution in [3.05, 3.63) is 6.20 Å². The normalized spacial score (nSPS) is 19.1. The van der Waals surface area contributed by atoms with Gasteiger partial charge >= 0.3 is 0 Å². The first-order chi connectivity index (χ1) is 15.4. The highest BCUT2D eigenvalue weighted by Crippen LogP contribution is 2.32. The fourth-order valence-corrected chi connectivity index (χ4v) is 5.09. The van der Waals surface area contributed by atoms with Crippen LogP contribution in [0.5, 0.6) is 0 Å². The summed E-state index contributed by atoms with van der Waals surface area (Å²) in [5.41, 5.74) is 0.817. The first kappa shape index (κ1) is 24.8. The van der Waals surface area contributed by atoms with Gasteiger partial charge in [0.05, 0.1) is 18.1 Å². The van der Waals surface area contributed by atoms with Crippen molar-refractivity contribution < 1.29 is 4.79 Å². The zero-order valence-electron chi connectivity index (χ0n) is 20.4. The summed E-state index contributed by atoms with van der Waals surface area (Å²) in [5, 5.41) is 13.2. The van der Waals surface area contributed by atoms with Crippen LogP contribution in [0.4, 0.5) is 5.82 Å². The van der Waals surface area contributed by atoms with E-state index in [0.29, 0.717) is 18.3 Å². The molecule has 0 saturated heterocycles. The second-order valence-corrected chi connectivity index (χ2v) is 11.1. The Morgan fingerprint density at radius 3 is 2.59 bits per heavy atom. The second kappa shape index (κ2) is 11.9. The fourth-order valence-electron chi connectivity index (χ4n) is 4.38. The van der Waals surface area contributed by atoms with Gasteiger partial charge in [-0.1, -0.05) is 51.8 Å². The molecule has 7 nitrogen and oxygen atoms in total. The number of unbranched alkanes of at least 4 members (excludes halogenated alkanes) is 1. The average Bonchev–Trinajstić information content (AvgIpc) is 3.15. The van der Waals surface area contributed by atoms with Gasteiger partial charge in [0.2, 0.25) is 5.91 Å². The number of anilines is 1. The van der Waals surface area contributed by atoms with E-state index in [2.05, 4.69) is 50.4 Å². The molecule has 0 spiro atoms. The van der Waals surface area contributed by atoms with E-state index in [-0.39, 0.29) is 17.9 Å². The standard InChI is InChI=1S/C24H40N6OS/c1-6-7-8-18-9-11-19(12-10-18)23(31)25-13-14-30-22-20(15-26-30)21(27-16(2)3)28-24(29-22)32-17(4)5/h15-19H,6-14H2,1-5H3,(H,25,31)(H,27,28,29). The van der Waals surface area contributed by atoms with Gasteiger partial charge in [0.15, 0.2) is 10.8 Å². The maximum absolute atomic E-state index is 12.7. The Bertz CT molecular complexity index is 873. The summed E-state index contributed by atoms with van der Waals surface area (Å²) in [7, 11) is 0. The Hall–Kier alpha value is -1.83. The number of carbonyl (C=O) groups excluding carboxylic acids is 1. The molecule has 1 fully saturated rings. The van der Waals surface area contributed by atoms with Gasteiger partial charge in [-0.05, 0) is 45.4 Å². The molecule has 2 N–H and O–H groups in total. The summed E-state index contributed by atoms with van der Waals surface area (Å²) in [6.07, 6.45) is 10.2. The Labute approximate surface area is 196 Å². The SMILES string of the molecule is CCCCC1CCC(C(=O)NCCn2ncc3c(NC(C)C)nc(SC(C)C)nc32)CC1. The molecular formula is C24H40N6OS. The van der Waals surface area contributed by atoms with Gasteiger partial charge < -0.3 is 10.6 Å². The molecule has 3 rings (SSSR count). The highest BCUT2D eigenvalue weighted by molar-refractivity contribution is 7.99. The number of aromatic nitrogens is 4. The summed E-state index contributed by atoms with van der Waals surface area (Å²) < 4.78 is 1.88. The Balaban J connectivity index is 1.59. The third kappa shape index (κ3) is 6.83. The summed E-state index contributed by atoms with van der Waals surface area (Å²) in [6, 6.07) is 0.268. The van der Waals surface area contributed by atoms with Crippen LogP contribution in [0.1, 0.15) is 79.6 Å². The van der Waals surface area contributed by atoms with Crippen LogP contribution >= 0.6 is 11.8 Å². The van der Waals surface area contributed by atoms with E-state index < -0.39 is 0 Å². The highest BCUT2D eigenvalue weighted by Gasteiger charge is 2.25. The molecule has 0 atom stereocenters. The van der Waals surface area contributed by atoms with Crippen molar-refractivity contribution >= 4 is 34.5 Å². The van der Waals surface area contributed by atoms with Gasteiger partial charge in [0, 0.05) is 23.8 Å². The van der Waals surface area contributed by atoms with Crippen LogP contribution in [0.15, 0.2) is 11.4 Å². The van der Waals surface area contributed by atoms with Gasteiger partial charge in [-0.2, -0.15) is 5.10 Å². The van der Waals surface area contributed by atoms with E-state index in [4.69, 9.17) is 9.97 Å². The van der Waals surface area contributed by atoms with Crippen LogP contribution in [-0.2, 0) is 11.3 Å². The molecule has 0 unspecified atom stereocenters. The monoisotopic (exact) mass is 460 g/mol. The Morgan fingerprint density at radius 2 is 1.94 bits per heavy atom. The van der Waals surface area contributed by atoms with Gasteiger partial charge in [0.1, 0.15) is 5.82 Å². The summed E-state index contributed by atoms with van der Waals surface area (Å²) >= 11 is 1.65. The molecule has 0 radical (unpaired) electrons. The lowest BCUT2D eigenvalue weighted by Crippen LogP contribution is -2.35. The largest absolute Gasteiger partial charge is 0.367 e. The lowest BCUT2D eigenvalue weighted by Gasteiger charge is -2.27. The quantitative estimate of drug-likeness (QED) is 0.351. The number of hydrogen-bond acceptors (Lipinski definition) is 6. The third-order valence-electron chi connectivity index (χ3n) is 6.05. The van der Waals surface area contributed by atoms with E-state index in [1.54, 1.807) is 11.8 Å². The number of nitrogens with zero attached hydrogens (tertiary/aromatic N) is 4. The Kier molecular flexibility index (Phi) is 9.20. The van der Waals surface area contributed by atoms with Crippen LogP contribution < -0.4 is 10.6 Å². The van der Waals surface area contributed by atoms with Gasteiger partial charge in [0.25, 0.3) is 0 Å². The summed E-state index contributed by atoms with van der Waals surface area (Å²) in [6.45, 7) is 11.9. The number of nitrogens with one attached hydrogen (secondary N) is 2. The number of thioether (sulfide) groups is 1. The predicted octanol–water partition coefficient (Wildman–Crippen LogP) is 5.26. The molecule has 1 saturated carbocycles. The van der Waals surface area contributed by atoms with Crippen LogP contribution in [0.2, 0.25) is 0 Å². The highest BCUT2D eigenvalue weighted by atomic mass is 32.2. The molecular weight excluding hydrogens is 420 g/mol. The van der Waals surface area contributed by atoms with Crippen LogP contribution in [0.25, 0.3) is 11.0 Å². The van der Waals surface area contributed by atoms with Crippen molar-refractivity contribution in [3.63, 3.8) is 0 Å². The van der Waals surface area contributed by atoms with Crippen LogP contribution in [0.3, 0.4) is 0 Å². The number of fused-ring (bicyclic) bond motifs is 1. The minimum absolute atomic E-state index is 0.167. The first-order valence-corrected chi connectivity index (χ1v) is 13.2. The van der Waals surface area contributed by atoms with E-state index in [1.807, 2.05) is 10.9 Å². The Morgan fingerprint density at radius 1 is 1.19 bits per heavy atom. The first-order valence-electron chi connectivity index (χ1n) is 12.3. The van der Waals surface area contributed by atoms with E-state index in [9.17, 15) is 4.79 Å². The minimum atomic E-state index is 0.167. The molecule has 2 aromatic heterocycles. The third-order valence-corrected chi connectivity index (χ3v) is 6.91. The number of hydrogen-bond donors (Lipinski definition) is 2. The summed E-state index contributed by atoms with van der Waals surface area (Å²) in [4.78, 5) is 22.2. The molecule has 0 aliphatic heterocycles. The van der Waals surface area contributed by atoms with Crippen molar-refractivity contribution in [2.75, 3.05) is 11.9 Å². The number of amides is 1. The zero-order valence-corrected chi connectivity index (χ0v) is 21.2. The predicted molar refractivity (Wildman–Crippen MR) is 133 cm³/mol. The van der Waals surface area contributed by atoms with Crippen molar-refractivity contribution in [2.45, 2.75) is 103 Å². The maximum atomic E-state index is 12.7. The van der Waals surface area contributed by atoms with E-state index >= 15 is 0 Å². The smallest absolute Gasteiger partial charge is 0.223 e. The molecule has 2 aromatic rings. The fraction of sp³-hybridized carbons (Fsp3) is 0.750. The van der Waals surface area contributed by atoms with Crippen molar-refractivity contribution in [2.24, 2.45) is 11.8 Å². The van der Waals surface area contributed by atoms with Crippen molar-refractivity contribution in [1.29, 1.82) is 0 Å². The molecule has 1 aliphatic carbocycles. The molecule has 1 amide bonds. The number of carbonyl (C=O) groups is 1. The zero-order chi connectivity index (χ0) is 23.1. The average molecular weight is 461 g/mol. The molecule has 8 heteroatoms. The number of rotatable bonds is 11. The molecule has 0 bridgehead atoms. The molecule has 1 aliphatic rings. The van der Waals surface area contributed by atoms with Gasteiger partial charge in [-0.25, -0.2) is 14.6 Å². The minimum Gasteiger partial charge on any atom is -0.367 e.